The van der Waals surface area contributed by atoms with Crippen LogP contribution < -0.4 is 5.43 Å². The summed E-state index contributed by atoms with van der Waals surface area (Å²) in [4.78, 5) is 4.91. The highest BCUT2D eigenvalue weighted by atomic mass is 35.5. The first-order valence-electron chi connectivity index (χ1n) is 11.2. The van der Waals surface area contributed by atoms with E-state index in [0.29, 0.717) is 34.7 Å². The first-order chi connectivity index (χ1) is 16.3. The Bertz CT molecular complexity index is 1330. The van der Waals surface area contributed by atoms with Crippen LogP contribution in [-0.2, 0) is 9.84 Å². The second kappa shape index (κ2) is 9.34. The number of amidine groups is 1. The van der Waals surface area contributed by atoms with Crippen LogP contribution in [0.4, 0.5) is 0 Å². The number of nitrogens with one attached hydrogen (secondary N) is 1. The van der Waals surface area contributed by atoms with Crippen LogP contribution in [0.1, 0.15) is 24.1 Å². The number of hydrogen-bond acceptors (Lipinski definition) is 5. The van der Waals surface area contributed by atoms with Gasteiger partial charge in [-0.25, -0.2) is 18.1 Å². The molecule has 0 atom stereocenters. The van der Waals surface area contributed by atoms with E-state index in [1.165, 1.54) is 0 Å². The number of rotatable bonds is 5. The number of hydrogen-bond donors (Lipinski definition) is 1. The molecule has 0 spiro atoms. The van der Waals surface area contributed by atoms with Crippen molar-refractivity contribution >= 4 is 38.9 Å². The van der Waals surface area contributed by atoms with Crippen molar-refractivity contribution in [2.24, 2.45) is 4.99 Å². The number of hydrazine groups is 1. The third-order valence-corrected chi connectivity index (χ3v) is 8.19. The van der Waals surface area contributed by atoms with Gasteiger partial charge in [0.25, 0.3) is 0 Å². The van der Waals surface area contributed by atoms with Crippen LogP contribution >= 0.6 is 23.2 Å². The summed E-state index contributed by atoms with van der Waals surface area (Å²) in [7, 11) is -2.98. The highest BCUT2D eigenvalue weighted by molar-refractivity contribution is 7.91. The number of nitrogens with zero attached hydrogens (tertiary/aromatic N) is 4. The normalized spacial score (nSPS) is 18.7. The molecule has 0 bridgehead atoms. The van der Waals surface area contributed by atoms with E-state index < -0.39 is 9.84 Å². The first kappa shape index (κ1) is 23.4. The van der Waals surface area contributed by atoms with Crippen LogP contribution in [0.2, 0.25) is 10.0 Å². The minimum absolute atomic E-state index is 0.125. The third kappa shape index (κ3) is 5.00. The van der Waals surface area contributed by atoms with Crippen molar-refractivity contribution in [1.29, 1.82) is 0 Å². The van der Waals surface area contributed by atoms with Gasteiger partial charge in [-0.05, 0) is 44.0 Å². The number of aromatic nitrogens is 2. The third-order valence-electron chi connectivity index (χ3n) is 6.01. The topological polar surface area (TPSA) is 79.6 Å². The molecular formula is C24H25Cl2N5O2S. The maximum absolute atomic E-state index is 11.9. The summed E-state index contributed by atoms with van der Waals surface area (Å²) in [6.07, 6.45) is 2.07. The Morgan fingerprint density at radius 1 is 1.06 bits per heavy atom. The number of halogens is 2. The molecule has 2 fully saturated rings. The maximum atomic E-state index is 11.9. The molecule has 1 aliphatic heterocycles. The summed E-state index contributed by atoms with van der Waals surface area (Å²) in [6.45, 7) is 2.82. The number of benzene rings is 2. The van der Waals surface area contributed by atoms with Crippen molar-refractivity contribution in [3.05, 3.63) is 69.8 Å². The van der Waals surface area contributed by atoms with E-state index in [1.807, 2.05) is 65.1 Å². The Balaban J connectivity index is 1.60. The predicted octanol–water partition coefficient (Wildman–Crippen LogP) is 4.30. The quantitative estimate of drug-likeness (QED) is 0.403. The zero-order valence-electron chi connectivity index (χ0n) is 18.7. The molecule has 1 saturated carbocycles. The molecule has 34 heavy (non-hydrogen) atoms. The molecule has 1 aliphatic carbocycles. The molecule has 2 aliphatic rings. The van der Waals surface area contributed by atoms with Gasteiger partial charge in [0.2, 0.25) is 0 Å². The van der Waals surface area contributed by atoms with Crippen LogP contribution in [0, 0.1) is 6.92 Å². The largest absolute Gasteiger partial charge is 0.301 e. The zero-order chi connectivity index (χ0) is 23.9. The lowest BCUT2D eigenvalue weighted by Gasteiger charge is -2.28. The van der Waals surface area contributed by atoms with Crippen molar-refractivity contribution < 1.29 is 8.42 Å². The Labute approximate surface area is 209 Å². The van der Waals surface area contributed by atoms with Crippen molar-refractivity contribution in [3.63, 3.8) is 0 Å². The molecule has 0 amide bonds. The van der Waals surface area contributed by atoms with E-state index in [1.54, 1.807) is 0 Å². The minimum Gasteiger partial charge on any atom is -0.301 e. The lowest BCUT2D eigenvalue weighted by molar-refractivity contribution is 0.255. The first-order valence-corrected chi connectivity index (χ1v) is 13.8. The Morgan fingerprint density at radius 2 is 1.74 bits per heavy atom. The molecule has 2 aromatic carbocycles. The van der Waals surface area contributed by atoms with Crippen LogP contribution in [0.15, 0.2) is 53.5 Å². The number of para-hydroxylation sites is 1. The van der Waals surface area contributed by atoms with Crippen LogP contribution in [0.5, 0.6) is 0 Å². The molecule has 3 aromatic rings. The number of aliphatic imine (C=N–C) groups is 1. The van der Waals surface area contributed by atoms with Gasteiger partial charge >= 0.3 is 0 Å². The predicted molar refractivity (Wildman–Crippen MR) is 137 cm³/mol. The monoisotopic (exact) mass is 517 g/mol. The van der Waals surface area contributed by atoms with Crippen molar-refractivity contribution in [3.8, 4) is 16.9 Å². The molecule has 0 unspecified atom stereocenters. The molecule has 0 radical (unpaired) electrons. The van der Waals surface area contributed by atoms with Crippen LogP contribution in [0.25, 0.3) is 16.9 Å². The van der Waals surface area contributed by atoms with E-state index >= 15 is 0 Å². The molecule has 5 rings (SSSR count). The molecule has 1 saturated heterocycles. The van der Waals surface area contributed by atoms with Gasteiger partial charge in [-0.15, -0.1) is 0 Å². The maximum Gasteiger partial charge on any atom is 0.164 e. The van der Waals surface area contributed by atoms with Gasteiger partial charge in [0, 0.05) is 29.2 Å². The lowest BCUT2D eigenvalue weighted by Crippen LogP contribution is -2.50. The van der Waals surface area contributed by atoms with Gasteiger partial charge in [0.15, 0.2) is 15.7 Å². The lowest BCUT2D eigenvalue weighted by atomic mass is 10.1. The molecule has 10 heteroatoms. The fourth-order valence-corrected chi connectivity index (χ4v) is 5.51. The molecular weight excluding hydrogens is 493 g/mol. The summed E-state index contributed by atoms with van der Waals surface area (Å²) in [6, 6.07) is 15.5. The summed E-state index contributed by atoms with van der Waals surface area (Å²) >= 11 is 12.7. The molecule has 1 aromatic heterocycles. The summed E-state index contributed by atoms with van der Waals surface area (Å²) in [5.74, 6) is 0.903. The van der Waals surface area contributed by atoms with E-state index in [2.05, 4.69) is 5.43 Å². The Morgan fingerprint density at radius 3 is 2.38 bits per heavy atom. The second-order valence-corrected chi connectivity index (χ2v) is 11.8. The second-order valence-electron chi connectivity index (χ2n) is 8.65. The molecule has 7 nitrogen and oxygen atoms in total. The highest BCUT2D eigenvalue weighted by Gasteiger charge is 2.29. The number of sulfone groups is 1. The van der Waals surface area contributed by atoms with Crippen molar-refractivity contribution in [1.82, 2.24) is 20.2 Å². The van der Waals surface area contributed by atoms with Gasteiger partial charge in [-0.3, -0.25) is 4.99 Å². The average molecular weight is 518 g/mol. The smallest absolute Gasteiger partial charge is 0.164 e. The SMILES string of the molecule is Cc1c(C(=NC2CC2)NN2CCS(=O)(=O)CC2)nn(-c2ccccc2Cl)c1-c1ccc(Cl)cc1. The summed E-state index contributed by atoms with van der Waals surface area (Å²) in [5.41, 5.74) is 7.65. The highest BCUT2D eigenvalue weighted by Crippen LogP contribution is 2.33. The Kier molecular flexibility index (Phi) is 6.41. The van der Waals surface area contributed by atoms with Gasteiger partial charge in [0.05, 0.1) is 34.0 Å². The summed E-state index contributed by atoms with van der Waals surface area (Å²) < 4.78 is 25.6. The van der Waals surface area contributed by atoms with Gasteiger partial charge in [-0.2, -0.15) is 5.10 Å². The zero-order valence-corrected chi connectivity index (χ0v) is 21.0. The van der Waals surface area contributed by atoms with Crippen molar-refractivity contribution in [2.75, 3.05) is 24.6 Å². The van der Waals surface area contributed by atoms with Gasteiger partial charge in [-0.1, -0.05) is 47.5 Å². The standard InChI is InChI=1S/C24H25Cl2N5O2S/c1-16-22(24(27-19-10-11-19)29-30-12-14-34(32,33)15-13-30)28-31(21-5-3-2-4-20(21)26)23(16)17-6-8-18(25)9-7-17/h2-9,19H,10-15H2,1H3,(H,27,29). The fourth-order valence-electron chi connectivity index (χ4n) is 3.97. The van der Waals surface area contributed by atoms with Gasteiger partial charge < -0.3 is 5.43 Å². The van der Waals surface area contributed by atoms with E-state index in [9.17, 15) is 8.42 Å². The minimum atomic E-state index is -2.98. The van der Waals surface area contributed by atoms with Gasteiger partial charge in [0.1, 0.15) is 5.69 Å². The molecule has 178 valence electrons. The van der Waals surface area contributed by atoms with E-state index in [0.717, 1.165) is 35.3 Å². The molecule has 2 heterocycles. The summed E-state index contributed by atoms with van der Waals surface area (Å²) in [5, 5.41) is 8.13. The van der Waals surface area contributed by atoms with Crippen LogP contribution in [-0.4, -0.2) is 59.7 Å². The van der Waals surface area contributed by atoms with E-state index in [4.69, 9.17) is 33.3 Å². The molecule has 1 N–H and O–H groups in total. The Hall–Kier alpha value is -2.39. The van der Waals surface area contributed by atoms with Crippen LogP contribution in [0.3, 0.4) is 0 Å². The average Bonchev–Trinajstić information content (AvgIpc) is 3.56. The van der Waals surface area contributed by atoms with Crippen molar-refractivity contribution in [2.45, 2.75) is 25.8 Å². The van der Waals surface area contributed by atoms with E-state index in [-0.39, 0.29) is 17.5 Å². The fraction of sp³-hybridized carbons (Fsp3) is 0.333.